The Hall–Kier alpha value is -2.26. The summed E-state index contributed by atoms with van der Waals surface area (Å²) in [6.45, 7) is 3.79. The van der Waals surface area contributed by atoms with Crippen LogP contribution in [-0.4, -0.2) is 23.3 Å². The van der Waals surface area contributed by atoms with Crippen molar-refractivity contribution in [1.29, 1.82) is 0 Å². The molecule has 0 N–H and O–H groups in total. The van der Waals surface area contributed by atoms with Gasteiger partial charge in [-0.2, -0.15) is 0 Å². The topological polar surface area (TPSA) is 46.7 Å². The lowest BCUT2D eigenvalue weighted by atomic mass is 9.76. The van der Waals surface area contributed by atoms with Gasteiger partial charge in [0.15, 0.2) is 23.3 Å². The minimum atomic E-state index is -0.902. The number of aryl methyl sites for hydroxylation is 2. The Kier molecular flexibility index (Phi) is 2.39. The molecule has 1 spiro atoms. The highest BCUT2D eigenvalue weighted by Crippen LogP contribution is 2.79. The first-order valence-electron chi connectivity index (χ1n) is 9.40. The van der Waals surface area contributed by atoms with Crippen LogP contribution in [0.1, 0.15) is 36.1 Å². The molecule has 6 rings (SSSR count). The van der Waals surface area contributed by atoms with Crippen LogP contribution in [0.2, 0.25) is 0 Å². The van der Waals surface area contributed by atoms with Gasteiger partial charge in [-0.15, -0.1) is 0 Å². The number of fused-ring (bicyclic) bond motifs is 8. The zero-order valence-electron chi connectivity index (χ0n) is 14.9. The maximum atomic E-state index is 13.4. The summed E-state index contributed by atoms with van der Waals surface area (Å²) in [4.78, 5) is 26.8. The van der Waals surface area contributed by atoms with Crippen molar-refractivity contribution >= 4 is 11.6 Å². The number of carbonyl (C=O) groups excluding carboxylic acids is 2. The molecule has 0 bridgehead atoms. The number of carbonyl (C=O) groups is 2. The van der Waals surface area contributed by atoms with Crippen molar-refractivity contribution < 1.29 is 14.3 Å². The molecule has 3 aliphatic carbocycles. The Balaban J connectivity index is 1.71. The van der Waals surface area contributed by atoms with Crippen LogP contribution in [-0.2, 0) is 32.6 Å². The summed E-state index contributed by atoms with van der Waals surface area (Å²) in [6.07, 6.45) is 1.33. The number of ether oxygens (including phenoxy) is 1. The Morgan fingerprint density at radius 2 is 1.38 bits per heavy atom. The summed E-state index contributed by atoms with van der Waals surface area (Å²) < 4.78 is 5.60. The van der Waals surface area contributed by atoms with Crippen molar-refractivity contribution in [1.82, 2.24) is 0 Å². The molecule has 1 aliphatic heterocycles. The molecule has 3 fully saturated rings. The molecule has 4 atom stereocenters. The van der Waals surface area contributed by atoms with E-state index in [9.17, 15) is 9.59 Å². The molecule has 2 saturated carbocycles. The van der Waals surface area contributed by atoms with E-state index in [1.54, 1.807) is 6.92 Å². The highest BCUT2D eigenvalue weighted by atomic mass is 16.6. The molecule has 26 heavy (non-hydrogen) atoms. The lowest BCUT2D eigenvalue weighted by Crippen LogP contribution is -2.39. The van der Waals surface area contributed by atoms with Gasteiger partial charge in [-0.3, -0.25) is 9.59 Å². The molecule has 1 saturated heterocycles. The minimum Gasteiger partial charge on any atom is -0.350 e. The fourth-order valence-electron chi connectivity index (χ4n) is 6.21. The average Bonchev–Trinajstić information content (AvgIpc) is 3.52. The van der Waals surface area contributed by atoms with Crippen LogP contribution in [0.25, 0.3) is 0 Å². The predicted octanol–water partition coefficient (Wildman–Crippen LogP) is 3.02. The number of ketones is 2. The van der Waals surface area contributed by atoms with Crippen LogP contribution in [0.4, 0.5) is 0 Å². The third-order valence-corrected chi connectivity index (χ3v) is 7.60. The maximum Gasteiger partial charge on any atom is 0.172 e. The molecule has 2 aromatic carbocycles. The van der Waals surface area contributed by atoms with Crippen molar-refractivity contribution in [3.8, 4) is 0 Å². The van der Waals surface area contributed by atoms with Crippen molar-refractivity contribution in [3.63, 3.8) is 0 Å². The standard InChI is InChI=1S/C23H20O3/c1-21-17(18(24)22(2)20(26-22)19(21)25)23(21)15-9-5-3-7-13(15)11-12-14-8-4-6-10-16(14)23/h3-10,17,20H,11-12H2,1-2H3/t17-,20+,21-,22-/m0/s1. The monoisotopic (exact) mass is 344 g/mol. The Bertz CT molecular complexity index is 972. The molecule has 3 heteroatoms. The van der Waals surface area contributed by atoms with Gasteiger partial charge in [-0.25, -0.2) is 0 Å². The molecular weight excluding hydrogens is 324 g/mol. The second-order valence-electron chi connectivity index (χ2n) is 8.59. The highest BCUT2D eigenvalue weighted by molar-refractivity contribution is 6.17. The smallest absolute Gasteiger partial charge is 0.172 e. The number of rotatable bonds is 0. The van der Waals surface area contributed by atoms with Crippen molar-refractivity contribution in [2.24, 2.45) is 11.3 Å². The van der Waals surface area contributed by atoms with Gasteiger partial charge in [0.25, 0.3) is 0 Å². The lowest BCUT2D eigenvalue weighted by molar-refractivity contribution is -0.132. The number of benzene rings is 2. The second kappa shape index (κ2) is 4.17. The molecular formula is C23H20O3. The summed E-state index contributed by atoms with van der Waals surface area (Å²) in [5.74, 6) is -0.112. The summed E-state index contributed by atoms with van der Waals surface area (Å²) in [6, 6.07) is 16.8. The van der Waals surface area contributed by atoms with Gasteiger partial charge in [-0.05, 0) is 42.0 Å². The zero-order valence-corrected chi connectivity index (χ0v) is 14.9. The molecule has 1 heterocycles. The van der Waals surface area contributed by atoms with Crippen LogP contribution >= 0.6 is 0 Å². The summed E-state index contributed by atoms with van der Waals surface area (Å²) >= 11 is 0. The first-order chi connectivity index (χ1) is 12.5. The third-order valence-electron chi connectivity index (χ3n) is 7.60. The number of hydrogen-bond donors (Lipinski definition) is 0. The van der Waals surface area contributed by atoms with E-state index >= 15 is 0 Å². The molecule has 0 unspecified atom stereocenters. The average molecular weight is 344 g/mol. The van der Waals surface area contributed by atoms with Crippen LogP contribution < -0.4 is 0 Å². The minimum absolute atomic E-state index is 0.108. The summed E-state index contributed by atoms with van der Waals surface area (Å²) in [5, 5.41) is 0. The van der Waals surface area contributed by atoms with Crippen LogP contribution in [0.5, 0.6) is 0 Å². The van der Waals surface area contributed by atoms with Gasteiger partial charge in [0.05, 0.1) is 5.41 Å². The van der Waals surface area contributed by atoms with Gasteiger partial charge in [-0.1, -0.05) is 55.5 Å². The largest absolute Gasteiger partial charge is 0.350 e. The maximum absolute atomic E-state index is 13.4. The van der Waals surface area contributed by atoms with E-state index in [1.165, 1.54) is 22.3 Å². The molecule has 130 valence electrons. The molecule has 2 aromatic rings. The van der Waals surface area contributed by atoms with Crippen molar-refractivity contribution in [3.05, 3.63) is 70.8 Å². The zero-order chi connectivity index (χ0) is 17.9. The predicted molar refractivity (Wildman–Crippen MR) is 96.0 cm³/mol. The fourth-order valence-corrected chi connectivity index (χ4v) is 6.21. The van der Waals surface area contributed by atoms with Crippen molar-refractivity contribution in [2.45, 2.75) is 43.8 Å². The molecule has 0 radical (unpaired) electrons. The quantitative estimate of drug-likeness (QED) is 0.690. The fraction of sp³-hybridized carbons (Fsp3) is 0.391. The van der Waals surface area contributed by atoms with E-state index in [1.807, 2.05) is 19.1 Å². The van der Waals surface area contributed by atoms with E-state index in [0.717, 1.165) is 12.8 Å². The third kappa shape index (κ3) is 1.30. The van der Waals surface area contributed by atoms with Gasteiger partial charge in [0.1, 0.15) is 0 Å². The summed E-state index contributed by atoms with van der Waals surface area (Å²) in [5.41, 5.74) is 2.72. The Morgan fingerprint density at radius 1 is 0.846 bits per heavy atom. The normalized spacial score (nSPS) is 37.9. The number of Topliss-reactive ketones (excluding diaryl/α,β-unsaturated/α-hetero) is 2. The second-order valence-corrected chi connectivity index (χ2v) is 8.59. The highest BCUT2D eigenvalue weighted by Gasteiger charge is 2.90. The SMILES string of the molecule is C[C@@]12O[C@@H]1C(=O)[C@]1(C)[C@H](C2=O)C12c1ccccc1CCc1ccccc12. The Morgan fingerprint density at radius 3 is 1.96 bits per heavy atom. The van der Waals surface area contributed by atoms with Gasteiger partial charge in [0.2, 0.25) is 0 Å². The van der Waals surface area contributed by atoms with Crippen LogP contribution in [0.3, 0.4) is 0 Å². The molecule has 3 nitrogen and oxygen atoms in total. The number of epoxide rings is 1. The molecule has 0 amide bonds. The van der Waals surface area contributed by atoms with E-state index in [4.69, 9.17) is 4.74 Å². The lowest BCUT2D eigenvalue weighted by Gasteiger charge is -2.25. The first-order valence-corrected chi connectivity index (χ1v) is 9.40. The van der Waals surface area contributed by atoms with Crippen molar-refractivity contribution in [2.75, 3.05) is 0 Å². The van der Waals surface area contributed by atoms with Crippen LogP contribution in [0.15, 0.2) is 48.5 Å². The van der Waals surface area contributed by atoms with E-state index in [-0.39, 0.29) is 17.5 Å². The number of hydrogen-bond acceptors (Lipinski definition) is 3. The van der Waals surface area contributed by atoms with E-state index in [2.05, 4.69) is 36.4 Å². The van der Waals surface area contributed by atoms with Gasteiger partial charge < -0.3 is 4.74 Å². The first kappa shape index (κ1) is 14.9. The van der Waals surface area contributed by atoms with Gasteiger partial charge in [0, 0.05) is 11.3 Å². The molecule has 4 aliphatic rings. The van der Waals surface area contributed by atoms with E-state index < -0.39 is 22.5 Å². The molecule has 0 aromatic heterocycles. The van der Waals surface area contributed by atoms with Gasteiger partial charge >= 0.3 is 0 Å². The summed E-state index contributed by atoms with van der Waals surface area (Å²) in [7, 11) is 0. The Labute approximate surface area is 152 Å². The van der Waals surface area contributed by atoms with Crippen LogP contribution in [0, 0.1) is 11.3 Å². The van der Waals surface area contributed by atoms with E-state index in [0.29, 0.717) is 0 Å².